The van der Waals surface area contributed by atoms with Gasteiger partial charge in [0.25, 0.3) is 0 Å². The van der Waals surface area contributed by atoms with Crippen molar-refractivity contribution < 1.29 is 35.9 Å². The van der Waals surface area contributed by atoms with Crippen LogP contribution in [0.1, 0.15) is 107 Å². The number of alkyl carbamates (subject to hydrolysis) is 2. The van der Waals surface area contributed by atoms with E-state index in [1.54, 1.807) is 24.3 Å². The fourth-order valence-electron chi connectivity index (χ4n) is 8.01. The molecule has 2 amide bonds. The lowest BCUT2D eigenvalue weighted by Crippen LogP contribution is -2.33. The first-order valence-electron chi connectivity index (χ1n) is 20.2. The lowest BCUT2D eigenvalue weighted by Gasteiger charge is -2.17. The van der Waals surface area contributed by atoms with Crippen LogP contribution in [0.4, 0.5) is 32.6 Å². The number of carbonyl (C=O) groups excluding carboxylic acids is 2. The molecule has 2 unspecified atom stereocenters. The summed E-state index contributed by atoms with van der Waals surface area (Å²) in [6, 6.07) is 14.6. The third kappa shape index (κ3) is 10.5. The van der Waals surface area contributed by atoms with Crippen LogP contribution in [0.2, 0.25) is 0 Å². The van der Waals surface area contributed by atoms with Gasteiger partial charge in [-0.1, -0.05) is 6.07 Å². The number of nitrogens with one attached hydrogen (secondary N) is 7. The van der Waals surface area contributed by atoms with E-state index in [0.717, 1.165) is 73.1 Å². The third-order valence-electron chi connectivity index (χ3n) is 10.8. The quantitative estimate of drug-likeness (QED) is 0.0923. The topological polar surface area (TPSA) is 238 Å². The number of H-pyrrole nitrogens is 2. The Morgan fingerprint density at radius 1 is 0.695 bits per heavy atom. The fourth-order valence-corrected chi connectivity index (χ4v) is 10.9. The summed E-state index contributed by atoms with van der Waals surface area (Å²) >= 11 is 0. The average molecular weight is 852 g/mol. The number of ether oxygens (including phenoxy) is 2. The van der Waals surface area contributed by atoms with Gasteiger partial charge in [-0.2, -0.15) is 10.2 Å². The van der Waals surface area contributed by atoms with Crippen molar-refractivity contribution in [3.05, 3.63) is 71.0 Å². The summed E-state index contributed by atoms with van der Waals surface area (Å²) < 4.78 is 61.8. The van der Waals surface area contributed by atoms with Crippen molar-refractivity contribution >= 4 is 55.1 Å². The summed E-state index contributed by atoms with van der Waals surface area (Å²) in [5.74, 6) is 2.02. The molecule has 4 atom stereocenters. The maximum atomic E-state index is 12.2. The van der Waals surface area contributed by atoms with Crippen LogP contribution in [-0.2, 0) is 42.3 Å². The number of carbonyl (C=O) groups is 2. The van der Waals surface area contributed by atoms with Crippen LogP contribution in [0.3, 0.4) is 0 Å². The first kappa shape index (κ1) is 42.0. The highest BCUT2D eigenvalue weighted by molar-refractivity contribution is 7.91. The number of amides is 2. The maximum Gasteiger partial charge on any atom is 0.407 e. The number of sulfonamides is 1. The summed E-state index contributed by atoms with van der Waals surface area (Å²) in [6.07, 6.45) is 5.49. The molecule has 4 aromatic rings. The van der Waals surface area contributed by atoms with Gasteiger partial charge in [-0.3, -0.25) is 10.2 Å². The Balaban J connectivity index is 0.000000179. The molecule has 2 fully saturated rings. The van der Waals surface area contributed by atoms with Crippen molar-refractivity contribution in [3.8, 4) is 0 Å². The number of hydrogen-bond donors (Lipinski definition) is 7. The minimum Gasteiger partial charge on any atom is -0.446 e. The van der Waals surface area contributed by atoms with E-state index in [0.29, 0.717) is 40.1 Å². The Bertz CT molecular complexity index is 2380. The smallest absolute Gasteiger partial charge is 0.407 e. The maximum absolute atomic E-state index is 12.2. The second-order valence-corrected chi connectivity index (χ2v) is 20.0. The van der Waals surface area contributed by atoms with Gasteiger partial charge in [-0.25, -0.2) is 31.1 Å². The summed E-state index contributed by atoms with van der Waals surface area (Å²) in [5.41, 5.74) is 5.08. The van der Waals surface area contributed by atoms with Crippen molar-refractivity contribution in [2.45, 2.75) is 132 Å². The van der Waals surface area contributed by atoms with E-state index in [9.17, 15) is 26.4 Å². The van der Waals surface area contributed by atoms with E-state index >= 15 is 0 Å². The largest absolute Gasteiger partial charge is 0.446 e. The Kier molecular flexibility index (Phi) is 12.5. The van der Waals surface area contributed by atoms with Crippen molar-refractivity contribution in [2.24, 2.45) is 0 Å². The molecule has 0 radical (unpaired) electrons. The first-order chi connectivity index (χ1) is 28.1. The molecule has 2 aliphatic heterocycles. The van der Waals surface area contributed by atoms with Crippen LogP contribution in [-0.4, -0.2) is 79.5 Å². The molecular weight excluding hydrogens is 799 g/mol. The predicted molar refractivity (Wildman–Crippen MR) is 221 cm³/mol. The zero-order valence-corrected chi connectivity index (χ0v) is 35.3. The van der Waals surface area contributed by atoms with Gasteiger partial charge in [0.15, 0.2) is 21.5 Å². The molecule has 318 valence electrons. The van der Waals surface area contributed by atoms with Crippen molar-refractivity contribution in [1.29, 1.82) is 0 Å². The number of rotatable bonds is 10. The molecule has 0 saturated heterocycles. The number of aromatic amines is 2. The molecule has 2 saturated carbocycles. The molecule has 19 heteroatoms. The van der Waals surface area contributed by atoms with E-state index in [1.165, 1.54) is 0 Å². The van der Waals surface area contributed by atoms with E-state index in [1.807, 2.05) is 52.0 Å². The SMILES string of the molecule is CC(C)NC(=O)OC1CC[C@H](c2cc(Nc3ccc4c(c3)CCCS4(=O)=O)n[nH]2)C1.CC(C)NC(=O)OC1CC[C@H](c2cc(Nc3ccc4c(c3)S(=O)(=O)NC4)n[nH]2)C1. The molecule has 7 N–H and O–H groups in total. The second kappa shape index (κ2) is 17.6. The van der Waals surface area contributed by atoms with Gasteiger partial charge >= 0.3 is 12.2 Å². The van der Waals surface area contributed by atoms with E-state index in [2.05, 4.69) is 46.4 Å². The summed E-state index contributed by atoms with van der Waals surface area (Å²) in [7, 11) is -6.57. The number of nitrogens with zero attached hydrogens (tertiary/aromatic N) is 2. The van der Waals surface area contributed by atoms with Gasteiger partial charge in [0.1, 0.15) is 12.2 Å². The van der Waals surface area contributed by atoms with Crippen LogP contribution in [0.25, 0.3) is 0 Å². The molecule has 0 bridgehead atoms. The number of anilines is 4. The van der Waals surface area contributed by atoms with Gasteiger partial charge in [-0.15, -0.1) is 0 Å². The molecule has 2 aliphatic carbocycles. The fraction of sp³-hybridized carbons (Fsp3) is 0.500. The number of aryl methyl sites for hydroxylation is 1. The standard InChI is InChI=1S/C21H28N4O4S.C19H25N5O4S/c1-13(2)22-21(26)29-17-7-5-14(11-17)18-12-20(25-24-18)23-16-6-8-19-15(10-16)4-3-9-30(19,27)28;1-11(2)21-19(25)28-15-6-4-12(7-15)16-9-18(24-23-16)22-14-5-3-13-10-20-29(26,27)17(13)8-14/h6,8,10,12-14,17H,3-5,7,9,11H2,1-2H3,(H,22,26)(H2,23,24,25);3,5,8-9,11-12,15,20H,4,6-7,10H2,1-2H3,(H,21,25)(H2,22,23,24)/t14-,17?;12-,15?/m00/s1. The number of hydrogen-bond acceptors (Lipinski definition) is 12. The lowest BCUT2D eigenvalue weighted by molar-refractivity contribution is 0.0972. The van der Waals surface area contributed by atoms with Crippen LogP contribution in [0, 0.1) is 0 Å². The van der Waals surface area contributed by atoms with E-state index in [-0.39, 0.29) is 54.1 Å². The minimum atomic E-state index is -3.42. The molecule has 4 aliphatic rings. The predicted octanol–water partition coefficient (Wildman–Crippen LogP) is 6.36. The number of aromatic nitrogens is 4. The molecule has 8 rings (SSSR count). The Labute approximate surface area is 344 Å². The third-order valence-corrected chi connectivity index (χ3v) is 14.2. The Morgan fingerprint density at radius 3 is 1.80 bits per heavy atom. The van der Waals surface area contributed by atoms with Crippen LogP contribution in [0.5, 0.6) is 0 Å². The highest BCUT2D eigenvalue weighted by Gasteiger charge is 2.32. The van der Waals surface area contributed by atoms with Crippen molar-refractivity contribution in [1.82, 2.24) is 35.8 Å². The molecule has 17 nitrogen and oxygen atoms in total. The summed E-state index contributed by atoms with van der Waals surface area (Å²) in [5, 5.41) is 26.7. The van der Waals surface area contributed by atoms with Crippen molar-refractivity contribution in [3.63, 3.8) is 0 Å². The average Bonchev–Trinajstić information content (AvgIpc) is 4.01. The van der Waals surface area contributed by atoms with E-state index < -0.39 is 19.9 Å². The number of benzene rings is 2. The number of fused-ring (bicyclic) bond motifs is 2. The van der Waals surface area contributed by atoms with Crippen LogP contribution >= 0.6 is 0 Å². The Morgan fingerprint density at radius 2 is 1.24 bits per heavy atom. The number of sulfone groups is 1. The normalized spacial score (nSPS) is 22.5. The van der Waals surface area contributed by atoms with Gasteiger partial charge in [-0.05, 0) is 121 Å². The summed E-state index contributed by atoms with van der Waals surface area (Å²) in [6.45, 7) is 7.92. The second-order valence-electron chi connectivity index (χ2n) is 16.2. The zero-order valence-electron chi connectivity index (χ0n) is 33.6. The van der Waals surface area contributed by atoms with Crippen LogP contribution in [0.15, 0.2) is 58.3 Å². The highest BCUT2D eigenvalue weighted by atomic mass is 32.2. The molecule has 4 heterocycles. The van der Waals surface area contributed by atoms with E-state index in [4.69, 9.17) is 9.47 Å². The molecule has 59 heavy (non-hydrogen) atoms. The highest BCUT2D eigenvalue weighted by Crippen LogP contribution is 2.38. The zero-order chi connectivity index (χ0) is 41.9. The molecular formula is C40H53N9O8S2. The molecule has 2 aromatic heterocycles. The summed E-state index contributed by atoms with van der Waals surface area (Å²) in [4.78, 5) is 24.3. The first-order valence-corrected chi connectivity index (χ1v) is 23.3. The van der Waals surface area contributed by atoms with Gasteiger partial charge in [0, 0.05) is 65.4 Å². The molecule has 2 aromatic carbocycles. The van der Waals surface area contributed by atoms with Crippen molar-refractivity contribution in [2.75, 3.05) is 16.4 Å². The van der Waals surface area contributed by atoms with Gasteiger partial charge in [0.05, 0.1) is 15.5 Å². The van der Waals surface area contributed by atoms with Gasteiger partial charge < -0.3 is 30.7 Å². The molecule has 0 spiro atoms. The minimum absolute atomic E-state index is 0.0472. The monoisotopic (exact) mass is 851 g/mol. The lowest BCUT2D eigenvalue weighted by atomic mass is 10.0. The Hall–Kier alpha value is -5.14. The van der Waals surface area contributed by atoms with Crippen LogP contribution < -0.4 is 26.0 Å². The van der Waals surface area contributed by atoms with Gasteiger partial charge in [0.2, 0.25) is 10.0 Å².